The maximum Gasteiger partial charge on any atom is 0.303 e. The molecular formula is C20H30O5. The van der Waals surface area contributed by atoms with Crippen molar-refractivity contribution in [3.8, 4) is 0 Å². The molecule has 5 heteroatoms. The van der Waals surface area contributed by atoms with Crippen molar-refractivity contribution in [1.29, 1.82) is 0 Å². The molecule has 0 heterocycles. The average molecular weight is 350 g/mol. The van der Waals surface area contributed by atoms with Crippen molar-refractivity contribution >= 4 is 11.8 Å². The number of carbonyl (C=O) groups excluding carboxylic acids is 1. The molecule has 5 nitrogen and oxygen atoms in total. The van der Waals surface area contributed by atoms with Crippen LogP contribution in [0.15, 0.2) is 35.5 Å². The molecule has 0 spiro atoms. The number of Topliss-reactive ketones (excluding diaryl/α,β-unsaturated/α-hetero) is 1. The lowest BCUT2D eigenvalue weighted by Crippen LogP contribution is -2.05. The number of aliphatic carboxylic acids is 1. The minimum absolute atomic E-state index is 0.151. The molecule has 1 rings (SSSR count). The summed E-state index contributed by atoms with van der Waals surface area (Å²) in [6.07, 6.45) is 11.8. The van der Waals surface area contributed by atoms with Crippen molar-refractivity contribution in [2.75, 3.05) is 0 Å². The highest BCUT2D eigenvalue weighted by molar-refractivity contribution is 5.99. The second kappa shape index (κ2) is 11.8. The Morgan fingerprint density at radius 1 is 1.16 bits per heavy atom. The molecular weight excluding hydrogens is 320 g/mol. The molecule has 0 aromatic rings. The smallest absolute Gasteiger partial charge is 0.303 e. The lowest BCUT2D eigenvalue weighted by molar-refractivity contribution is -0.137. The van der Waals surface area contributed by atoms with Gasteiger partial charge >= 0.3 is 5.97 Å². The van der Waals surface area contributed by atoms with Crippen LogP contribution in [-0.4, -0.2) is 39.3 Å². The van der Waals surface area contributed by atoms with Gasteiger partial charge in [0, 0.05) is 18.4 Å². The highest BCUT2D eigenvalue weighted by atomic mass is 16.4. The Morgan fingerprint density at radius 3 is 2.60 bits per heavy atom. The largest absolute Gasteiger partial charge is 0.481 e. The van der Waals surface area contributed by atoms with Crippen LogP contribution in [0.1, 0.15) is 64.7 Å². The number of rotatable bonds is 12. The summed E-state index contributed by atoms with van der Waals surface area (Å²) in [5.74, 6) is -0.639. The van der Waals surface area contributed by atoms with Gasteiger partial charge in [0.15, 0.2) is 5.78 Å². The summed E-state index contributed by atoms with van der Waals surface area (Å²) in [5.41, 5.74) is 1.77. The quantitative estimate of drug-likeness (QED) is 0.371. The predicted octanol–water partition coefficient (Wildman–Crippen LogP) is 3.32. The van der Waals surface area contributed by atoms with E-state index in [4.69, 9.17) is 5.11 Å². The molecule has 1 aliphatic carbocycles. The number of ketones is 1. The molecule has 0 aliphatic heterocycles. The Hall–Kier alpha value is -1.72. The highest BCUT2D eigenvalue weighted by Crippen LogP contribution is 2.27. The Labute approximate surface area is 149 Å². The molecule has 0 saturated heterocycles. The van der Waals surface area contributed by atoms with Gasteiger partial charge in [0.2, 0.25) is 0 Å². The first kappa shape index (κ1) is 21.3. The van der Waals surface area contributed by atoms with E-state index < -0.39 is 12.1 Å². The Morgan fingerprint density at radius 2 is 1.92 bits per heavy atom. The van der Waals surface area contributed by atoms with Gasteiger partial charge in [-0.25, -0.2) is 0 Å². The van der Waals surface area contributed by atoms with Gasteiger partial charge in [0.25, 0.3) is 0 Å². The summed E-state index contributed by atoms with van der Waals surface area (Å²) in [5, 5.41) is 27.8. The summed E-state index contributed by atoms with van der Waals surface area (Å²) in [6.45, 7) is 1.73. The van der Waals surface area contributed by atoms with E-state index in [-0.39, 0.29) is 18.3 Å². The lowest BCUT2D eigenvalue weighted by atomic mass is 10.0. The summed E-state index contributed by atoms with van der Waals surface area (Å²) in [4.78, 5) is 22.4. The number of carboxylic acid groups (broad SMARTS) is 1. The van der Waals surface area contributed by atoms with Crippen LogP contribution in [0.5, 0.6) is 0 Å². The molecule has 140 valence electrons. The zero-order chi connectivity index (χ0) is 18.7. The Balaban J connectivity index is 2.48. The summed E-state index contributed by atoms with van der Waals surface area (Å²) >= 11 is 0. The number of hydrogen-bond donors (Lipinski definition) is 3. The molecule has 0 saturated carbocycles. The number of unbranched alkanes of at least 4 members (excludes halogenated alkanes) is 1. The fourth-order valence-electron chi connectivity index (χ4n) is 2.79. The van der Waals surface area contributed by atoms with Crippen LogP contribution in [0.4, 0.5) is 0 Å². The molecule has 1 aliphatic rings. The first-order chi connectivity index (χ1) is 11.9. The third-order valence-corrected chi connectivity index (χ3v) is 4.24. The Kier molecular flexibility index (Phi) is 10.0. The Bertz CT molecular complexity index is 528. The van der Waals surface area contributed by atoms with E-state index in [0.29, 0.717) is 44.9 Å². The van der Waals surface area contributed by atoms with Gasteiger partial charge in [-0.15, -0.1) is 0 Å². The van der Waals surface area contributed by atoms with Crippen LogP contribution >= 0.6 is 0 Å². The van der Waals surface area contributed by atoms with E-state index in [0.717, 1.165) is 17.6 Å². The van der Waals surface area contributed by atoms with Crippen molar-refractivity contribution in [2.24, 2.45) is 0 Å². The fraction of sp³-hybridized carbons (Fsp3) is 0.600. The van der Waals surface area contributed by atoms with E-state index in [1.54, 1.807) is 13.0 Å². The van der Waals surface area contributed by atoms with Gasteiger partial charge in [-0.2, -0.15) is 0 Å². The predicted molar refractivity (Wildman–Crippen MR) is 97.2 cm³/mol. The van der Waals surface area contributed by atoms with Crippen molar-refractivity contribution in [2.45, 2.75) is 76.9 Å². The van der Waals surface area contributed by atoms with E-state index in [9.17, 15) is 19.8 Å². The van der Waals surface area contributed by atoms with Gasteiger partial charge in [0.1, 0.15) is 0 Å². The second-order valence-electron chi connectivity index (χ2n) is 6.59. The zero-order valence-electron chi connectivity index (χ0n) is 15.0. The topological polar surface area (TPSA) is 94.8 Å². The first-order valence-corrected chi connectivity index (χ1v) is 9.06. The molecule has 3 N–H and O–H groups in total. The van der Waals surface area contributed by atoms with E-state index in [2.05, 4.69) is 0 Å². The van der Waals surface area contributed by atoms with Crippen molar-refractivity contribution in [3.05, 3.63) is 35.5 Å². The van der Waals surface area contributed by atoms with E-state index in [1.807, 2.05) is 18.2 Å². The summed E-state index contributed by atoms with van der Waals surface area (Å²) in [7, 11) is 0. The number of carbonyl (C=O) groups is 2. The number of aliphatic hydroxyl groups is 2. The fourth-order valence-corrected chi connectivity index (χ4v) is 2.79. The van der Waals surface area contributed by atoms with Crippen LogP contribution < -0.4 is 0 Å². The summed E-state index contributed by atoms with van der Waals surface area (Å²) in [6, 6.07) is 0. The van der Waals surface area contributed by atoms with Crippen molar-refractivity contribution < 1.29 is 24.9 Å². The standard InChI is InChI=1S/C20H30O5/c1-15(21)7-6-8-17(22)13-11-16-12-14-19(23)18(16)9-4-2-3-5-10-20(24)25/h2,4,11,13,15,17,21-22H,3,5-10,12,14H2,1H3,(H,24,25)/b4-2-,13-11+/t15-,17+/m0/s1. The molecule has 0 fully saturated rings. The normalized spacial score (nSPS) is 17.8. The number of carboxylic acids is 1. The van der Waals surface area contributed by atoms with Crippen LogP contribution in [0, 0.1) is 0 Å². The summed E-state index contributed by atoms with van der Waals surface area (Å²) < 4.78 is 0. The molecule has 0 aromatic carbocycles. The molecule has 0 amide bonds. The van der Waals surface area contributed by atoms with E-state index >= 15 is 0 Å². The third kappa shape index (κ3) is 9.37. The highest BCUT2D eigenvalue weighted by Gasteiger charge is 2.20. The van der Waals surface area contributed by atoms with Crippen LogP contribution in [0.25, 0.3) is 0 Å². The molecule has 0 bridgehead atoms. The molecule has 2 atom stereocenters. The lowest BCUT2D eigenvalue weighted by Gasteiger charge is -2.07. The van der Waals surface area contributed by atoms with Gasteiger partial charge in [-0.05, 0) is 57.4 Å². The molecule has 0 unspecified atom stereocenters. The maximum absolute atomic E-state index is 12.0. The van der Waals surface area contributed by atoms with Crippen molar-refractivity contribution in [1.82, 2.24) is 0 Å². The number of allylic oxidation sites excluding steroid dienone is 5. The molecule has 0 aromatic heterocycles. The first-order valence-electron chi connectivity index (χ1n) is 9.06. The zero-order valence-corrected chi connectivity index (χ0v) is 15.0. The maximum atomic E-state index is 12.0. The van der Waals surface area contributed by atoms with Crippen molar-refractivity contribution in [3.63, 3.8) is 0 Å². The van der Waals surface area contributed by atoms with Crippen LogP contribution in [0.2, 0.25) is 0 Å². The van der Waals surface area contributed by atoms with E-state index in [1.165, 1.54) is 0 Å². The van der Waals surface area contributed by atoms with Gasteiger partial charge in [0.05, 0.1) is 12.2 Å². The average Bonchev–Trinajstić information content (AvgIpc) is 2.88. The minimum atomic E-state index is -0.790. The van der Waals surface area contributed by atoms with Gasteiger partial charge in [-0.3, -0.25) is 9.59 Å². The number of hydrogen-bond acceptors (Lipinski definition) is 4. The van der Waals surface area contributed by atoms with Gasteiger partial charge < -0.3 is 15.3 Å². The van der Waals surface area contributed by atoms with Crippen LogP contribution in [-0.2, 0) is 9.59 Å². The second-order valence-corrected chi connectivity index (χ2v) is 6.59. The SMILES string of the molecule is C[C@H](O)CCC[C@@H](O)/C=C/C1=C(C/C=C\CCCC(=O)O)C(=O)CC1. The van der Waals surface area contributed by atoms with Gasteiger partial charge in [-0.1, -0.05) is 24.3 Å². The third-order valence-electron chi connectivity index (χ3n) is 4.24. The number of aliphatic hydroxyl groups excluding tert-OH is 2. The van der Waals surface area contributed by atoms with Crippen LogP contribution in [0.3, 0.4) is 0 Å². The molecule has 25 heavy (non-hydrogen) atoms. The molecule has 0 radical (unpaired) electrons. The monoisotopic (exact) mass is 350 g/mol. The minimum Gasteiger partial charge on any atom is -0.481 e.